The summed E-state index contributed by atoms with van der Waals surface area (Å²) in [5, 5.41) is 30.7. The number of benzene rings is 1. The summed E-state index contributed by atoms with van der Waals surface area (Å²) >= 11 is 0. The monoisotopic (exact) mass is 354 g/mol. The molecule has 2 fully saturated rings. The molecule has 4 atom stereocenters. The molecule has 5 heteroatoms. The zero-order valence-electron chi connectivity index (χ0n) is 14.8. The van der Waals surface area contributed by atoms with Crippen molar-refractivity contribution >= 4 is 0 Å². The van der Waals surface area contributed by atoms with Gasteiger partial charge in [0.1, 0.15) is 11.9 Å². The first-order valence-corrected chi connectivity index (χ1v) is 9.32. The molecule has 1 aromatic heterocycles. The van der Waals surface area contributed by atoms with Crippen molar-refractivity contribution in [2.75, 3.05) is 19.6 Å². The number of fused-ring (bicyclic) bond motifs is 1. The van der Waals surface area contributed by atoms with Gasteiger partial charge < -0.3 is 15.3 Å². The topological polar surface area (TPSA) is 76.8 Å². The van der Waals surface area contributed by atoms with Gasteiger partial charge in [0.25, 0.3) is 0 Å². The average molecular weight is 354 g/mol. The number of aliphatic hydroxyl groups is 2. The van der Waals surface area contributed by atoms with Gasteiger partial charge in [-0.2, -0.15) is 0 Å². The van der Waals surface area contributed by atoms with Gasteiger partial charge in [0.05, 0.1) is 17.5 Å². The van der Waals surface area contributed by atoms with Crippen LogP contribution in [0.3, 0.4) is 0 Å². The van der Waals surface area contributed by atoms with Crippen LogP contribution in [0.1, 0.15) is 30.2 Å². The SMILES string of the molecule is Oc1ccc([C@H](O)CN2C[C@@H]3C[C@@](O)(Cc4ccccc4)C[C@@H]3C2)nc1. The second-order valence-electron chi connectivity index (χ2n) is 7.99. The Balaban J connectivity index is 1.32. The quantitative estimate of drug-likeness (QED) is 0.767. The third-order valence-corrected chi connectivity index (χ3v) is 5.86. The molecule has 1 saturated heterocycles. The van der Waals surface area contributed by atoms with Gasteiger partial charge in [-0.3, -0.25) is 9.88 Å². The van der Waals surface area contributed by atoms with E-state index in [0.717, 1.165) is 32.4 Å². The Kier molecular flexibility index (Phi) is 4.69. The predicted molar refractivity (Wildman–Crippen MR) is 98.6 cm³/mol. The number of aromatic nitrogens is 1. The zero-order valence-corrected chi connectivity index (χ0v) is 14.8. The first-order valence-electron chi connectivity index (χ1n) is 9.32. The summed E-state index contributed by atoms with van der Waals surface area (Å²) in [7, 11) is 0. The minimum atomic E-state index is -0.655. The van der Waals surface area contributed by atoms with Crippen LogP contribution in [0.2, 0.25) is 0 Å². The number of likely N-dealkylation sites (tertiary alicyclic amines) is 1. The predicted octanol–water partition coefficient (Wildman–Crippen LogP) is 2.14. The number of aromatic hydroxyl groups is 1. The maximum Gasteiger partial charge on any atom is 0.133 e. The molecular formula is C21H26N2O3. The fraction of sp³-hybridized carbons (Fsp3) is 0.476. The van der Waals surface area contributed by atoms with E-state index < -0.39 is 11.7 Å². The Hall–Kier alpha value is -1.95. The van der Waals surface area contributed by atoms with Crippen LogP contribution >= 0.6 is 0 Å². The van der Waals surface area contributed by atoms with Crippen molar-refractivity contribution in [3.05, 3.63) is 59.9 Å². The Morgan fingerprint density at radius 2 is 1.77 bits per heavy atom. The molecule has 26 heavy (non-hydrogen) atoms. The number of hydrogen-bond donors (Lipinski definition) is 3. The van der Waals surface area contributed by atoms with Crippen molar-refractivity contribution in [2.45, 2.75) is 31.0 Å². The Morgan fingerprint density at radius 1 is 1.08 bits per heavy atom. The van der Waals surface area contributed by atoms with E-state index in [2.05, 4.69) is 22.0 Å². The third-order valence-electron chi connectivity index (χ3n) is 5.86. The number of hydrogen-bond acceptors (Lipinski definition) is 5. The summed E-state index contributed by atoms with van der Waals surface area (Å²) < 4.78 is 0. The highest BCUT2D eigenvalue weighted by molar-refractivity contribution is 5.20. The van der Waals surface area contributed by atoms with Crippen molar-refractivity contribution < 1.29 is 15.3 Å². The molecule has 1 aliphatic carbocycles. The van der Waals surface area contributed by atoms with E-state index in [0.29, 0.717) is 24.1 Å². The molecule has 0 spiro atoms. The van der Waals surface area contributed by atoms with Gasteiger partial charge in [0.2, 0.25) is 0 Å². The highest BCUT2D eigenvalue weighted by atomic mass is 16.3. The maximum absolute atomic E-state index is 11.0. The first kappa shape index (κ1) is 17.5. The summed E-state index contributed by atoms with van der Waals surface area (Å²) in [6, 6.07) is 13.4. The molecule has 4 rings (SSSR count). The number of β-amino-alcohol motifs (C(OH)–C–C–N with tert-alkyl or cyclic N) is 1. The fourth-order valence-electron chi connectivity index (χ4n) is 4.76. The first-order chi connectivity index (χ1) is 12.5. The van der Waals surface area contributed by atoms with Crippen molar-refractivity contribution in [3.8, 4) is 5.75 Å². The smallest absolute Gasteiger partial charge is 0.133 e. The van der Waals surface area contributed by atoms with Gasteiger partial charge in [0.15, 0.2) is 0 Å². The lowest BCUT2D eigenvalue weighted by molar-refractivity contribution is 0.0327. The largest absolute Gasteiger partial charge is 0.506 e. The standard InChI is InChI=1S/C21H26N2O3/c24-18-6-7-19(22-11-18)20(25)14-23-12-16-9-21(26,10-17(16)13-23)8-15-4-2-1-3-5-15/h1-7,11,16-17,20,24-26H,8-10,12-14H2/t16-,17+,20-,21-/m1/s1. The van der Waals surface area contributed by atoms with Gasteiger partial charge in [-0.25, -0.2) is 0 Å². The summed E-state index contributed by atoms with van der Waals surface area (Å²) in [6.45, 7) is 2.37. The normalized spacial score (nSPS) is 29.6. The van der Waals surface area contributed by atoms with Crippen molar-refractivity contribution in [1.29, 1.82) is 0 Å². The lowest BCUT2D eigenvalue weighted by atomic mass is 9.91. The average Bonchev–Trinajstić information content (AvgIpc) is 3.10. The molecule has 2 aliphatic rings. The number of pyridine rings is 1. The van der Waals surface area contributed by atoms with Crippen LogP contribution in [0.15, 0.2) is 48.7 Å². The number of rotatable bonds is 5. The van der Waals surface area contributed by atoms with Crippen LogP contribution in [0.5, 0.6) is 5.75 Å². The van der Waals surface area contributed by atoms with E-state index in [4.69, 9.17) is 0 Å². The Morgan fingerprint density at radius 3 is 2.38 bits per heavy atom. The van der Waals surface area contributed by atoms with Gasteiger partial charge in [0, 0.05) is 26.1 Å². The van der Waals surface area contributed by atoms with E-state index in [9.17, 15) is 15.3 Å². The van der Waals surface area contributed by atoms with Crippen LogP contribution in [0, 0.1) is 11.8 Å². The lowest BCUT2D eigenvalue weighted by Crippen LogP contribution is -2.33. The minimum Gasteiger partial charge on any atom is -0.506 e. The van der Waals surface area contributed by atoms with Gasteiger partial charge >= 0.3 is 0 Å². The van der Waals surface area contributed by atoms with E-state index in [1.165, 1.54) is 11.8 Å². The number of nitrogens with zero attached hydrogens (tertiary/aromatic N) is 2. The summed E-state index contributed by atoms with van der Waals surface area (Å²) in [6.07, 6.45) is 3.09. The second-order valence-corrected chi connectivity index (χ2v) is 7.99. The molecule has 2 heterocycles. The van der Waals surface area contributed by atoms with Gasteiger partial charge in [-0.05, 0) is 42.4 Å². The summed E-state index contributed by atoms with van der Waals surface area (Å²) in [5.41, 5.74) is 1.18. The van der Waals surface area contributed by atoms with Gasteiger partial charge in [-0.15, -0.1) is 0 Å². The second kappa shape index (κ2) is 6.99. The van der Waals surface area contributed by atoms with Crippen molar-refractivity contribution in [2.24, 2.45) is 11.8 Å². The van der Waals surface area contributed by atoms with E-state index in [1.807, 2.05) is 18.2 Å². The molecule has 1 saturated carbocycles. The Bertz CT molecular complexity index is 721. The minimum absolute atomic E-state index is 0.106. The molecule has 138 valence electrons. The highest BCUT2D eigenvalue weighted by Gasteiger charge is 2.48. The van der Waals surface area contributed by atoms with Crippen LogP contribution < -0.4 is 0 Å². The molecule has 0 radical (unpaired) electrons. The number of aliphatic hydroxyl groups excluding tert-OH is 1. The summed E-state index contributed by atoms with van der Waals surface area (Å²) in [5.74, 6) is 1.08. The molecule has 2 aromatic rings. The van der Waals surface area contributed by atoms with Crippen LogP contribution in [-0.4, -0.2) is 50.4 Å². The van der Waals surface area contributed by atoms with Gasteiger partial charge in [-0.1, -0.05) is 30.3 Å². The van der Waals surface area contributed by atoms with Crippen LogP contribution in [0.4, 0.5) is 0 Å². The Labute approximate surface area is 153 Å². The fourth-order valence-corrected chi connectivity index (χ4v) is 4.76. The lowest BCUT2D eigenvalue weighted by Gasteiger charge is -2.27. The maximum atomic E-state index is 11.0. The van der Waals surface area contributed by atoms with E-state index >= 15 is 0 Å². The molecule has 1 aromatic carbocycles. The molecule has 0 bridgehead atoms. The molecule has 0 amide bonds. The molecular weight excluding hydrogens is 328 g/mol. The molecule has 3 N–H and O–H groups in total. The van der Waals surface area contributed by atoms with Crippen LogP contribution in [-0.2, 0) is 6.42 Å². The highest BCUT2D eigenvalue weighted by Crippen LogP contribution is 2.45. The van der Waals surface area contributed by atoms with E-state index in [1.54, 1.807) is 12.1 Å². The third kappa shape index (κ3) is 3.75. The molecule has 0 unspecified atom stereocenters. The molecule has 5 nitrogen and oxygen atoms in total. The van der Waals surface area contributed by atoms with E-state index in [-0.39, 0.29) is 5.75 Å². The zero-order chi connectivity index (χ0) is 18.1. The molecule has 1 aliphatic heterocycles. The van der Waals surface area contributed by atoms with Crippen molar-refractivity contribution in [1.82, 2.24) is 9.88 Å². The van der Waals surface area contributed by atoms with Crippen LogP contribution in [0.25, 0.3) is 0 Å². The van der Waals surface area contributed by atoms with Crippen molar-refractivity contribution in [3.63, 3.8) is 0 Å². The summed E-state index contributed by atoms with van der Waals surface area (Å²) in [4.78, 5) is 6.37.